The van der Waals surface area contributed by atoms with Gasteiger partial charge in [-0.15, -0.1) is 0 Å². The van der Waals surface area contributed by atoms with Crippen LogP contribution in [0.4, 0.5) is 0 Å². The van der Waals surface area contributed by atoms with E-state index in [1.54, 1.807) is 0 Å². The second-order valence-electron chi connectivity index (χ2n) is 6.46. The molecule has 1 heterocycles. The molecule has 0 spiro atoms. The van der Waals surface area contributed by atoms with E-state index < -0.39 is 35.6 Å². The van der Waals surface area contributed by atoms with Gasteiger partial charge < -0.3 is 39.9 Å². The maximum absolute atomic E-state index is 11.7. The average Bonchev–Trinajstić information content (AvgIpc) is 2.69. The molecule has 12 heteroatoms. The molecular formula is C18H30N2O10. The Morgan fingerprint density at radius 3 is 1.27 bits per heavy atom. The van der Waals surface area contributed by atoms with Gasteiger partial charge in [-0.3, -0.25) is 19.2 Å². The Balaban J connectivity index is 2.42. The summed E-state index contributed by atoms with van der Waals surface area (Å²) in [6.07, 6.45) is -2.37. The van der Waals surface area contributed by atoms with Crippen molar-refractivity contribution in [1.29, 1.82) is 0 Å². The van der Waals surface area contributed by atoms with Gasteiger partial charge in [-0.25, -0.2) is 0 Å². The van der Waals surface area contributed by atoms with Crippen molar-refractivity contribution < 1.29 is 47.6 Å². The molecule has 1 aliphatic heterocycles. The molecule has 2 unspecified atom stereocenters. The van der Waals surface area contributed by atoms with Crippen molar-refractivity contribution in [3.05, 3.63) is 0 Å². The van der Waals surface area contributed by atoms with E-state index in [1.165, 1.54) is 0 Å². The SMILES string of the molecule is NC1COCCOCC(=O)CC(=O)COC(N)COCCOCC(=O)CC(=O)CO1. The zero-order chi connectivity index (χ0) is 22.2. The molecule has 0 aromatic carbocycles. The highest BCUT2D eigenvalue weighted by molar-refractivity contribution is 6.00. The third-order valence-corrected chi connectivity index (χ3v) is 3.54. The lowest BCUT2D eigenvalue weighted by molar-refractivity contribution is -0.134. The molecule has 30 heavy (non-hydrogen) atoms. The van der Waals surface area contributed by atoms with Crippen molar-refractivity contribution in [2.45, 2.75) is 25.3 Å². The van der Waals surface area contributed by atoms with Crippen LogP contribution in [-0.2, 0) is 47.6 Å². The summed E-state index contributed by atoms with van der Waals surface area (Å²) in [6.45, 7) is -0.635. The van der Waals surface area contributed by atoms with Crippen molar-refractivity contribution in [2.24, 2.45) is 11.5 Å². The van der Waals surface area contributed by atoms with Crippen molar-refractivity contribution in [2.75, 3.05) is 66.1 Å². The first kappa shape index (κ1) is 26.4. The Bertz CT molecular complexity index is 509. The van der Waals surface area contributed by atoms with Gasteiger partial charge in [0.2, 0.25) is 0 Å². The maximum Gasteiger partial charge on any atom is 0.165 e. The molecule has 2 atom stereocenters. The quantitative estimate of drug-likeness (QED) is 0.391. The fourth-order valence-electron chi connectivity index (χ4n) is 2.15. The Kier molecular flexibility index (Phi) is 14.2. The number of carbonyl (C=O) groups excluding carboxylic acids is 4. The van der Waals surface area contributed by atoms with Crippen LogP contribution < -0.4 is 11.5 Å². The Morgan fingerprint density at radius 2 is 0.867 bits per heavy atom. The highest BCUT2D eigenvalue weighted by atomic mass is 16.6. The van der Waals surface area contributed by atoms with Crippen LogP contribution in [0.2, 0.25) is 0 Å². The van der Waals surface area contributed by atoms with E-state index in [0.29, 0.717) is 0 Å². The Morgan fingerprint density at radius 1 is 0.533 bits per heavy atom. The second-order valence-corrected chi connectivity index (χ2v) is 6.46. The van der Waals surface area contributed by atoms with Gasteiger partial charge in [-0.05, 0) is 0 Å². The van der Waals surface area contributed by atoms with E-state index in [4.69, 9.17) is 39.9 Å². The number of ketones is 4. The molecule has 0 saturated carbocycles. The molecule has 172 valence electrons. The van der Waals surface area contributed by atoms with Crippen LogP contribution >= 0.6 is 0 Å². The third kappa shape index (κ3) is 14.4. The summed E-state index contributed by atoms with van der Waals surface area (Å²) in [4.78, 5) is 46.8. The lowest BCUT2D eigenvalue weighted by atomic mass is 10.2. The van der Waals surface area contributed by atoms with Gasteiger partial charge in [-0.2, -0.15) is 0 Å². The molecule has 0 bridgehead atoms. The average molecular weight is 434 g/mol. The van der Waals surface area contributed by atoms with Crippen LogP contribution in [0.15, 0.2) is 0 Å². The minimum atomic E-state index is -0.853. The number of hydrogen-bond acceptors (Lipinski definition) is 12. The van der Waals surface area contributed by atoms with E-state index in [9.17, 15) is 19.2 Å². The molecule has 1 aliphatic rings. The molecule has 0 aliphatic carbocycles. The Labute approximate surface area is 174 Å². The van der Waals surface area contributed by atoms with Gasteiger partial charge in [0.05, 0.1) is 52.5 Å². The predicted octanol–water partition coefficient (Wildman–Crippen LogP) is -2.27. The van der Waals surface area contributed by atoms with Gasteiger partial charge in [0, 0.05) is 0 Å². The third-order valence-electron chi connectivity index (χ3n) is 3.54. The number of carbonyl (C=O) groups is 4. The van der Waals surface area contributed by atoms with E-state index in [1.807, 2.05) is 0 Å². The van der Waals surface area contributed by atoms with Crippen molar-refractivity contribution in [3.8, 4) is 0 Å². The summed E-state index contributed by atoms with van der Waals surface area (Å²) < 4.78 is 30.9. The van der Waals surface area contributed by atoms with Crippen LogP contribution in [0.3, 0.4) is 0 Å². The van der Waals surface area contributed by atoms with E-state index in [2.05, 4.69) is 0 Å². The van der Waals surface area contributed by atoms with Crippen molar-refractivity contribution in [3.63, 3.8) is 0 Å². The summed E-state index contributed by atoms with van der Waals surface area (Å²) in [5.41, 5.74) is 11.3. The summed E-state index contributed by atoms with van der Waals surface area (Å²) in [5.74, 6) is -1.64. The summed E-state index contributed by atoms with van der Waals surface area (Å²) in [5, 5.41) is 0. The normalized spacial score (nSPS) is 26.9. The predicted molar refractivity (Wildman–Crippen MR) is 100 cm³/mol. The fourth-order valence-corrected chi connectivity index (χ4v) is 2.15. The first-order valence-corrected chi connectivity index (χ1v) is 9.49. The lowest BCUT2D eigenvalue weighted by Gasteiger charge is -2.14. The molecular weight excluding hydrogens is 404 g/mol. The topological polar surface area (TPSA) is 176 Å². The highest BCUT2D eigenvalue weighted by Gasteiger charge is 2.14. The van der Waals surface area contributed by atoms with Crippen molar-refractivity contribution >= 4 is 23.1 Å². The minimum absolute atomic E-state index is 0.00226. The van der Waals surface area contributed by atoms with Gasteiger partial charge >= 0.3 is 0 Å². The summed E-state index contributed by atoms with van der Waals surface area (Å²) in [7, 11) is 0. The maximum atomic E-state index is 11.7. The number of rotatable bonds is 0. The molecule has 0 aromatic rings. The fraction of sp³-hybridized carbons (Fsp3) is 0.778. The van der Waals surface area contributed by atoms with Gasteiger partial charge in [0.25, 0.3) is 0 Å². The van der Waals surface area contributed by atoms with Crippen molar-refractivity contribution in [1.82, 2.24) is 0 Å². The molecule has 4 N–H and O–H groups in total. The molecule has 12 nitrogen and oxygen atoms in total. The second kappa shape index (κ2) is 16.1. The lowest BCUT2D eigenvalue weighted by Crippen LogP contribution is -2.33. The molecule has 1 saturated heterocycles. The smallest absolute Gasteiger partial charge is 0.165 e. The zero-order valence-electron chi connectivity index (χ0n) is 16.9. The molecule has 1 rings (SSSR count). The summed E-state index contributed by atoms with van der Waals surface area (Å²) >= 11 is 0. The van der Waals surface area contributed by atoms with Crippen LogP contribution in [0.5, 0.6) is 0 Å². The van der Waals surface area contributed by atoms with Crippen LogP contribution in [0.1, 0.15) is 12.8 Å². The molecule has 1 fully saturated rings. The van der Waals surface area contributed by atoms with Gasteiger partial charge in [-0.1, -0.05) is 0 Å². The molecule has 0 aromatic heterocycles. The van der Waals surface area contributed by atoms with Crippen LogP contribution in [-0.4, -0.2) is 102 Å². The molecule has 0 amide bonds. The van der Waals surface area contributed by atoms with Crippen LogP contribution in [0.25, 0.3) is 0 Å². The number of hydrogen-bond donors (Lipinski definition) is 2. The molecule has 0 radical (unpaired) electrons. The largest absolute Gasteiger partial charge is 0.375 e. The first-order chi connectivity index (χ1) is 14.4. The standard InChI is InChI=1S/C18H30N2O10/c19-17-11-27-3-1-25-7-13(21)5-15(23)9-30-18(20)12-28-4-2-26-8-14(22)6-16(24)10-29-17/h17-18H,1-12,19-20H2. The first-order valence-electron chi connectivity index (χ1n) is 9.49. The minimum Gasteiger partial charge on any atom is -0.375 e. The Hall–Kier alpha value is -1.64. The van der Waals surface area contributed by atoms with Gasteiger partial charge in [0.1, 0.15) is 38.9 Å². The summed E-state index contributed by atoms with van der Waals surface area (Å²) in [6, 6.07) is 0. The van der Waals surface area contributed by atoms with E-state index >= 15 is 0 Å². The van der Waals surface area contributed by atoms with E-state index in [-0.39, 0.29) is 78.9 Å². The van der Waals surface area contributed by atoms with Crippen LogP contribution in [0, 0.1) is 0 Å². The van der Waals surface area contributed by atoms with Gasteiger partial charge in [0.15, 0.2) is 23.1 Å². The number of Topliss-reactive ketones (excluding diaryl/α,β-unsaturated/α-hetero) is 4. The number of nitrogens with two attached hydrogens (primary N) is 2. The zero-order valence-corrected chi connectivity index (χ0v) is 16.9. The highest BCUT2D eigenvalue weighted by Crippen LogP contribution is 1.95. The monoisotopic (exact) mass is 434 g/mol. The van der Waals surface area contributed by atoms with E-state index in [0.717, 1.165) is 0 Å². The number of ether oxygens (including phenoxy) is 6.